The maximum atomic E-state index is 4.50. The van der Waals surface area contributed by atoms with Crippen molar-refractivity contribution in [2.24, 2.45) is 0 Å². The highest BCUT2D eigenvalue weighted by Gasteiger charge is 2.10. The average molecular weight is 247 g/mol. The summed E-state index contributed by atoms with van der Waals surface area (Å²) in [6.07, 6.45) is 0. The minimum Gasteiger partial charge on any atom is -0.314 e. The van der Waals surface area contributed by atoms with Gasteiger partial charge in [-0.2, -0.15) is 0 Å². The molecule has 1 aromatic carbocycles. The molecule has 3 rings (SSSR count). The summed E-state index contributed by atoms with van der Waals surface area (Å²) in [5.41, 5.74) is 2.54. The number of hydrogen-bond acceptors (Lipinski definition) is 4. The maximum absolute atomic E-state index is 4.50. The van der Waals surface area contributed by atoms with Crippen LogP contribution in [0, 0.1) is 6.92 Å². The molecule has 3 nitrogen and oxygen atoms in total. The number of nitrogens with one attached hydrogen (secondary N) is 1. The lowest BCUT2D eigenvalue weighted by Crippen LogP contribution is -2.42. The molecule has 0 spiro atoms. The quantitative estimate of drug-likeness (QED) is 0.880. The number of fused-ring (bicyclic) bond motifs is 1. The van der Waals surface area contributed by atoms with Crippen LogP contribution in [0.5, 0.6) is 0 Å². The second kappa shape index (κ2) is 4.72. The van der Waals surface area contributed by atoms with E-state index in [4.69, 9.17) is 0 Å². The van der Waals surface area contributed by atoms with Gasteiger partial charge in [0.05, 0.1) is 15.2 Å². The standard InChI is InChI=1S/C13H17N3S/c1-10-15-12-3-2-11(8-13(12)17-10)9-16-6-4-14-5-7-16/h2-3,8,14H,4-7,9H2,1H3. The van der Waals surface area contributed by atoms with Gasteiger partial charge in [-0.1, -0.05) is 6.07 Å². The molecular weight excluding hydrogens is 230 g/mol. The molecule has 0 unspecified atom stereocenters. The van der Waals surface area contributed by atoms with Crippen molar-refractivity contribution in [3.8, 4) is 0 Å². The second-order valence-corrected chi connectivity index (χ2v) is 5.80. The van der Waals surface area contributed by atoms with E-state index < -0.39 is 0 Å². The predicted molar refractivity (Wildman–Crippen MR) is 72.5 cm³/mol. The Morgan fingerprint density at radius 1 is 1.35 bits per heavy atom. The van der Waals surface area contributed by atoms with Crippen LogP contribution >= 0.6 is 11.3 Å². The first-order chi connectivity index (χ1) is 8.31. The average Bonchev–Trinajstić information content (AvgIpc) is 2.70. The first-order valence-corrected chi connectivity index (χ1v) is 6.92. The Labute approximate surface area is 105 Å². The monoisotopic (exact) mass is 247 g/mol. The van der Waals surface area contributed by atoms with Crippen LogP contribution in [-0.2, 0) is 6.54 Å². The highest BCUT2D eigenvalue weighted by molar-refractivity contribution is 7.18. The van der Waals surface area contributed by atoms with Crippen molar-refractivity contribution >= 4 is 21.6 Å². The lowest BCUT2D eigenvalue weighted by Gasteiger charge is -2.27. The molecule has 1 aliphatic heterocycles. The van der Waals surface area contributed by atoms with Gasteiger partial charge in [0.2, 0.25) is 0 Å². The van der Waals surface area contributed by atoms with E-state index in [0.717, 1.165) is 43.2 Å². The molecule has 0 radical (unpaired) electrons. The van der Waals surface area contributed by atoms with E-state index in [2.05, 4.69) is 40.3 Å². The van der Waals surface area contributed by atoms with Gasteiger partial charge in [0.15, 0.2) is 0 Å². The molecule has 1 saturated heterocycles. The third kappa shape index (κ3) is 2.49. The summed E-state index contributed by atoms with van der Waals surface area (Å²) in [5.74, 6) is 0. The molecule has 17 heavy (non-hydrogen) atoms. The molecule has 0 bridgehead atoms. The molecule has 1 aliphatic rings. The van der Waals surface area contributed by atoms with Crippen molar-refractivity contribution in [1.29, 1.82) is 0 Å². The van der Waals surface area contributed by atoms with Crippen molar-refractivity contribution < 1.29 is 0 Å². The summed E-state index contributed by atoms with van der Waals surface area (Å²) >= 11 is 1.79. The molecule has 1 N–H and O–H groups in total. The van der Waals surface area contributed by atoms with Crippen molar-refractivity contribution in [2.45, 2.75) is 13.5 Å². The molecule has 2 aromatic rings. The maximum Gasteiger partial charge on any atom is 0.0907 e. The van der Waals surface area contributed by atoms with Crippen LogP contribution in [0.15, 0.2) is 18.2 Å². The number of aryl methyl sites for hydroxylation is 1. The molecular formula is C13H17N3S. The summed E-state index contributed by atoms with van der Waals surface area (Å²) < 4.78 is 1.31. The van der Waals surface area contributed by atoms with Gasteiger partial charge in [0.25, 0.3) is 0 Å². The number of nitrogens with zero attached hydrogens (tertiary/aromatic N) is 2. The largest absolute Gasteiger partial charge is 0.314 e. The van der Waals surface area contributed by atoms with Crippen LogP contribution in [0.1, 0.15) is 10.6 Å². The van der Waals surface area contributed by atoms with Crippen molar-refractivity contribution in [2.75, 3.05) is 26.2 Å². The SMILES string of the molecule is Cc1nc2ccc(CN3CCNCC3)cc2s1. The summed E-state index contributed by atoms with van der Waals surface area (Å²) in [5, 5.41) is 4.54. The molecule has 0 saturated carbocycles. The molecule has 0 aliphatic carbocycles. The number of benzene rings is 1. The number of rotatable bonds is 2. The Morgan fingerprint density at radius 3 is 3.00 bits per heavy atom. The second-order valence-electron chi connectivity index (χ2n) is 4.56. The van der Waals surface area contributed by atoms with Crippen LogP contribution in [0.4, 0.5) is 0 Å². The molecule has 2 heterocycles. The fraction of sp³-hybridized carbons (Fsp3) is 0.462. The number of thiazole rings is 1. The number of aromatic nitrogens is 1. The van der Waals surface area contributed by atoms with E-state index in [9.17, 15) is 0 Å². The minimum absolute atomic E-state index is 1.06. The van der Waals surface area contributed by atoms with E-state index in [0.29, 0.717) is 0 Å². The van der Waals surface area contributed by atoms with Gasteiger partial charge < -0.3 is 5.32 Å². The normalized spacial score (nSPS) is 17.7. The third-order valence-corrected chi connectivity index (χ3v) is 4.11. The zero-order chi connectivity index (χ0) is 11.7. The highest BCUT2D eigenvalue weighted by Crippen LogP contribution is 2.23. The first-order valence-electron chi connectivity index (χ1n) is 6.10. The summed E-state index contributed by atoms with van der Waals surface area (Å²) in [6, 6.07) is 6.65. The summed E-state index contributed by atoms with van der Waals surface area (Å²) in [7, 11) is 0. The molecule has 1 fully saturated rings. The fourth-order valence-corrected chi connectivity index (χ4v) is 3.20. The number of piperazine rings is 1. The number of hydrogen-bond donors (Lipinski definition) is 1. The smallest absolute Gasteiger partial charge is 0.0907 e. The van der Waals surface area contributed by atoms with Crippen molar-refractivity contribution in [3.05, 3.63) is 28.8 Å². The van der Waals surface area contributed by atoms with Gasteiger partial charge in [-0.25, -0.2) is 4.98 Å². The molecule has 90 valence electrons. The molecule has 4 heteroatoms. The Bertz CT molecular complexity index is 514. The topological polar surface area (TPSA) is 28.2 Å². The van der Waals surface area contributed by atoms with Crippen molar-refractivity contribution in [3.63, 3.8) is 0 Å². The Morgan fingerprint density at radius 2 is 2.18 bits per heavy atom. The molecule has 1 aromatic heterocycles. The zero-order valence-corrected chi connectivity index (χ0v) is 10.9. The zero-order valence-electron chi connectivity index (χ0n) is 10.1. The van der Waals surface area contributed by atoms with E-state index in [1.54, 1.807) is 11.3 Å². The van der Waals surface area contributed by atoms with Crippen LogP contribution in [0.25, 0.3) is 10.2 Å². The van der Waals surface area contributed by atoms with Crippen LogP contribution in [0.3, 0.4) is 0 Å². The lowest BCUT2D eigenvalue weighted by atomic mass is 10.2. The predicted octanol–water partition coefficient (Wildman–Crippen LogP) is 2.01. The van der Waals surface area contributed by atoms with E-state index in [1.807, 2.05) is 0 Å². The third-order valence-electron chi connectivity index (χ3n) is 3.18. The van der Waals surface area contributed by atoms with Crippen LogP contribution < -0.4 is 5.32 Å². The summed E-state index contributed by atoms with van der Waals surface area (Å²) in [6.45, 7) is 7.67. The van der Waals surface area contributed by atoms with Crippen molar-refractivity contribution in [1.82, 2.24) is 15.2 Å². The first kappa shape index (κ1) is 11.1. The van der Waals surface area contributed by atoms with Gasteiger partial charge in [0.1, 0.15) is 0 Å². The van der Waals surface area contributed by atoms with Gasteiger partial charge in [-0.15, -0.1) is 11.3 Å². The van der Waals surface area contributed by atoms with Crippen LogP contribution in [0.2, 0.25) is 0 Å². The molecule has 0 amide bonds. The van der Waals surface area contributed by atoms with E-state index >= 15 is 0 Å². The Kier molecular flexibility index (Phi) is 3.09. The van der Waals surface area contributed by atoms with Gasteiger partial charge in [-0.3, -0.25) is 4.90 Å². The minimum atomic E-state index is 1.06. The Hall–Kier alpha value is -0.970. The highest BCUT2D eigenvalue weighted by atomic mass is 32.1. The summed E-state index contributed by atoms with van der Waals surface area (Å²) in [4.78, 5) is 7.00. The van der Waals surface area contributed by atoms with Gasteiger partial charge >= 0.3 is 0 Å². The van der Waals surface area contributed by atoms with E-state index in [1.165, 1.54) is 10.3 Å². The molecule has 0 atom stereocenters. The Balaban J connectivity index is 1.79. The van der Waals surface area contributed by atoms with Crippen LogP contribution in [-0.4, -0.2) is 36.1 Å². The lowest BCUT2D eigenvalue weighted by molar-refractivity contribution is 0.233. The fourth-order valence-electron chi connectivity index (χ4n) is 2.31. The van der Waals surface area contributed by atoms with Gasteiger partial charge in [0, 0.05) is 32.7 Å². The van der Waals surface area contributed by atoms with Gasteiger partial charge in [-0.05, 0) is 24.6 Å². The van der Waals surface area contributed by atoms with E-state index in [-0.39, 0.29) is 0 Å².